The Bertz CT molecular complexity index is 993. The molecule has 194 valence electrons. The van der Waals surface area contributed by atoms with Gasteiger partial charge in [-0.25, -0.2) is 0 Å². The molecule has 1 aromatic rings. The Labute approximate surface area is 221 Å². The third kappa shape index (κ3) is 4.14. The van der Waals surface area contributed by atoms with Gasteiger partial charge in [-0.2, -0.15) is 0 Å². The van der Waals surface area contributed by atoms with Gasteiger partial charge >= 0.3 is 135 Å². The topological polar surface area (TPSA) is 59.1 Å². The van der Waals surface area contributed by atoms with Crippen molar-refractivity contribution in [1.29, 1.82) is 0 Å². The second-order valence-electron chi connectivity index (χ2n) is 11.6. The summed E-state index contributed by atoms with van der Waals surface area (Å²) in [5, 5.41) is 0.947. The molecule has 9 heteroatoms. The van der Waals surface area contributed by atoms with E-state index >= 15 is 0 Å². The maximum atomic E-state index is 12.6. The summed E-state index contributed by atoms with van der Waals surface area (Å²) in [6, 6.07) is 10.6. The van der Waals surface area contributed by atoms with Crippen molar-refractivity contribution in [3.8, 4) is 0 Å². The van der Waals surface area contributed by atoms with E-state index in [1.54, 1.807) is 4.67 Å². The van der Waals surface area contributed by atoms with Crippen LogP contribution in [0, 0.1) is 11.8 Å². The van der Waals surface area contributed by atoms with E-state index in [2.05, 4.69) is 84.6 Å². The Kier molecular flexibility index (Phi) is 7.33. The van der Waals surface area contributed by atoms with E-state index < -0.39 is 0 Å². The molecule has 4 aliphatic heterocycles. The summed E-state index contributed by atoms with van der Waals surface area (Å²) in [6.07, 6.45) is 2.07. The standard InChI is InChI=1S/C16H22NO2PSe.C10H18NO2P/c1-11-9-13-14(18)17(20)15(2,3)16(13,19-11)10-21-12-7-5-4-6-8-12;1-6-5-7-8(12)11(14)9(2,3)10(7,4)13-6/h4-8,11,13H,9-10,20H2,1-3H3;6-7H,5,14H2,1-4H3/t11?,13-,16-;6?,7-,10-/m00/s1. The molecular formula is C26H40N2O4P2Se. The molecule has 5 rings (SSSR count). The van der Waals surface area contributed by atoms with Crippen LogP contribution in [0.4, 0.5) is 0 Å². The third-order valence-corrected chi connectivity index (χ3v) is 13.2. The molecule has 0 aromatic heterocycles. The fourth-order valence-corrected chi connectivity index (χ4v) is 9.92. The normalized spacial score (nSPS) is 38.9. The van der Waals surface area contributed by atoms with Crippen LogP contribution in [0.1, 0.15) is 61.3 Å². The number of nitrogens with zero attached hydrogens (tertiary/aromatic N) is 2. The first-order chi connectivity index (χ1) is 16.2. The molecule has 0 saturated carbocycles. The van der Waals surface area contributed by atoms with Gasteiger partial charge < -0.3 is 9.41 Å². The summed E-state index contributed by atoms with van der Waals surface area (Å²) in [5.41, 5.74) is -1.18. The second kappa shape index (κ2) is 9.33. The maximum absolute atomic E-state index is 12.6. The molecule has 0 spiro atoms. The van der Waals surface area contributed by atoms with Crippen LogP contribution in [-0.4, -0.2) is 70.6 Å². The molecule has 0 aliphatic carbocycles. The monoisotopic (exact) mass is 586 g/mol. The number of ether oxygens (including phenoxy) is 2. The molecule has 4 unspecified atom stereocenters. The Balaban J connectivity index is 0.000000179. The molecule has 35 heavy (non-hydrogen) atoms. The fourth-order valence-electron chi connectivity index (χ4n) is 6.24. The second-order valence-corrected chi connectivity index (χ2v) is 14.8. The number of carbonyl (C=O) groups excluding carboxylic acids is 2. The summed E-state index contributed by atoms with van der Waals surface area (Å²) in [6.45, 7) is 14.6. The number of hydrogen-bond acceptors (Lipinski definition) is 4. The molecule has 2 amide bonds. The average Bonchev–Trinajstić information content (AvgIpc) is 3.40. The van der Waals surface area contributed by atoms with Crippen LogP contribution < -0.4 is 4.46 Å². The zero-order valence-electron chi connectivity index (χ0n) is 21.9. The van der Waals surface area contributed by atoms with E-state index in [4.69, 9.17) is 9.47 Å². The first kappa shape index (κ1) is 27.5. The van der Waals surface area contributed by atoms with E-state index in [0.717, 1.165) is 18.2 Å². The molecule has 0 bridgehead atoms. The van der Waals surface area contributed by atoms with Crippen molar-refractivity contribution in [3.05, 3.63) is 30.3 Å². The van der Waals surface area contributed by atoms with Crippen molar-refractivity contribution >= 4 is 50.0 Å². The molecule has 0 radical (unpaired) electrons. The predicted molar refractivity (Wildman–Crippen MR) is 146 cm³/mol. The van der Waals surface area contributed by atoms with Crippen LogP contribution in [0.2, 0.25) is 5.32 Å². The molecule has 8 atom stereocenters. The summed E-state index contributed by atoms with van der Waals surface area (Å²) < 4.78 is 17.3. The van der Waals surface area contributed by atoms with Crippen molar-refractivity contribution < 1.29 is 19.1 Å². The van der Waals surface area contributed by atoms with Gasteiger partial charge in [0.1, 0.15) is 5.60 Å². The third-order valence-electron chi connectivity index (χ3n) is 8.94. The van der Waals surface area contributed by atoms with Gasteiger partial charge in [0.2, 0.25) is 5.91 Å². The first-order valence-electron chi connectivity index (χ1n) is 12.4. The predicted octanol–water partition coefficient (Wildman–Crippen LogP) is 3.59. The minimum atomic E-state index is -0.346. The van der Waals surface area contributed by atoms with Crippen LogP contribution >= 0.6 is 18.8 Å². The van der Waals surface area contributed by atoms with Gasteiger partial charge in [0.25, 0.3) is 0 Å². The molecule has 4 heterocycles. The molecule has 1 aromatic carbocycles. The van der Waals surface area contributed by atoms with E-state index in [1.165, 1.54) is 4.46 Å². The van der Waals surface area contributed by atoms with E-state index in [-0.39, 0.29) is 58.1 Å². The van der Waals surface area contributed by atoms with Crippen molar-refractivity contribution in [2.45, 2.75) is 101 Å². The van der Waals surface area contributed by atoms with Crippen LogP contribution in [0.5, 0.6) is 0 Å². The molecule has 4 fully saturated rings. The van der Waals surface area contributed by atoms with Crippen LogP contribution in [0.3, 0.4) is 0 Å². The number of amides is 2. The molecule has 6 nitrogen and oxygen atoms in total. The number of hydrogen-bond donors (Lipinski definition) is 0. The molecule has 4 aliphatic rings. The Morgan fingerprint density at radius 2 is 1.37 bits per heavy atom. The van der Waals surface area contributed by atoms with Gasteiger partial charge in [-0.3, -0.25) is 4.79 Å². The van der Waals surface area contributed by atoms with Crippen LogP contribution in [0.15, 0.2) is 30.3 Å². The number of carbonyl (C=O) groups is 2. The van der Waals surface area contributed by atoms with E-state index in [0.29, 0.717) is 15.0 Å². The van der Waals surface area contributed by atoms with Gasteiger partial charge in [0.05, 0.1) is 17.6 Å². The quantitative estimate of drug-likeness (QED) is 0.402. The van der Waals surface area contributed by atoms with Gasteiger partial charge in [-0.05, 0) is 43.5 Å². The number of fused-ring (bicyclic) bond motifs is 2. The Hall–Kier alpha value is -0.541. The van der Waals surface area contributed by atoms with Crippen molar-refractivity contribution in [3.63, 3.8) is 0 Å². The summed E-state index contributed by atoms with van der Waals surface area (Å²) in [5.74, 6) is 0.459. The van der Waals surface area contributed by atoms with Crippen LogP contribution in [0.25, 0.3) is 0 Å². The van der Waals surface area contributed by atoms with E-state index in [1.807, 2.05) is 17.7 Å². The average molecular weight is 586 g/mol. The minimum absolute atomic E-state index is 0.00517. The van der Waals surface area contributed by atoms with Gasteiger partial charge in [-0.15, -0.1) is 0 Å². The van der Waals surface area contributed by atoms with E-state index in [9.17, 15) is 9.59 Å². The molecule has 4 saturated heterocycles. The summed E-state index contributed by atoms with van der Waals surface area (Å²) >= 11 is 0.316. The summed E-state index contributed by atoms with van der Waals surface area (Å²) in [4.78, 5) is 24.6. The Morgan fingerprint density at radius 1 is 0.857 bits per heavy atom. The SMILES string of the molecule is CC1C[C@H]2C(=O)N(P)C(C)(C)[C@@]2(C)O1.CC1C[C@H]2C(=O)N(P)C(C)(C)[C@@]2(C[Se]c2ccccc2)O1. The summed E-state index contributed by atoms with van der Waals surface area (Å²) in [7, 11) is 5.14. The number of benzene rings is 1. The zero-order chi connectivity index (χ0) is 26.0. The van der Waals surface area contributed by atoms with Crippen molar-refractivity contribution in [1.82, 2.24) is 9.34 Å². The van der Waals surface area contributed by atoms with Gasteiger partial charge in [-0.1, -0.05) is 0 Å². The first-order valence-corrected chi connectivity index (χ1v) is 15.5. The van der Waals surface area contributed by atoms with Crippen molar-refractivity contribution in [2.75, 3.05) is 0 Å². The van der Waals surface area contributed by atoms with Gasteiger partial charge in [0.15, 0.2) is 0 Å². The molecular weight excluding hydrogens is 545 g/mol. The molecule has 0 N–H and O–H groups in total. The number of rotatable bonds is 3. The Morgan fingerprint density at radius 3 is 1.97 bits per heavy atom. The van der Waals surface area contributed by atoms with Gasteiger partial charge in [0, 0.05) is 0 Å². The fraction of sp³-hybridized carbons (Fsp3) is 0.692. The van der Waals surface area contributed by atoms with Crippen LogP contribution in [-0.2, 0) is 19.1 Å². The van der Waals surface area contributed by atoms with Crippen molar-refractivity contribution in [2.24, 2.45) is 11.8 Å². The zero-order valence-corrected chi connectivity index (χ0v) is 25.9.